The molecule has 0 radical (unpaired) electrons. The summed E-state index contributed by atoms with van der Waals surface area (Å²) in [5.74, 6) is 0.887. The maximum absolute atomic E-state index is 10.9. The topological polar surface area (TPSA) is 55.0 Å². The third kappa shape index (κ3) is 2.20. The van der Waals surface area contributed by atoms with Crippen LogP contribution in [0.25, 0.3) is 11.3 Å². The number of methoxy groups -OCH3 is 1. The van der Waals surface area contributed by atoms with Crippen molar-refractivity contribution in [1.29, 1.82) is 0 Å². The molecule has 0 saturated carbocycles. The third-order valence-electron chi connectivity index (χ3n) is 2.64. The molecule has 1 heterocycles. The SMILES string of the molecule is COc1c(C)cc(-c2ccc(=O)[nH]n2)cc1C. The second-order valence-electron chi connectivity index (χ2n) is 3.95. The van der Waals surface area contributed by atoms with Crippen LogP contribution in [0.5, 0.6) is 5.75 Å². The van der Waals surface area contributed by atoms with Gasteiger partial charge in [-0.3, -0.25) is 4.79 Å². The van der Waals surface area contributed by atoms with E-state index in [1.54, 1.807) is 13.2 Å². The fourth-order valence-corrected chi connectivity index (χ4v) is 1.93. The normalized spacial score (nSPS) is 10.3. The van der Waals surface area contributed by atoms with E-state index in [1.807, 2.05) is 26.0 Å². The zero-order chi connectivity index (χ0) is 12.4. The first-order valence-electron chi connectivity index (χ1n) is 5.33. The highest BCUT2D eigenvalue weighted by molar-refractivity contribution is 5.63. The van der Waals surface area contributed by atoms with Crippen molar-refractivity contribution < 1.29 is 4.74 Å². The Kier molecular flexibility index (Phi) is 2.95. The van der Waals surface area contributed by atoms with Gasteiger partial charge in [0.1, 0.15) is 5.75 Å². The minimum Gasteiger partial charge on any atom is -0.496 e. The molecule has 0 bridgehead atoms. The zero-order valence-electron chi connectivity index (χ0n) is 10.1. The lowest BCUT2D eigenvalue weighted by molar-refractivity contribution is 0.408. The Bertz CT molecular complexity index is 559. The van der Waals surface area contributed by atoms with Gasteiger partial charge in [0.2, 0.25) is 0 Å². The Morgan fingerprint density at radius 1 is 1.18 bits per heavy atom. The van der Waals surface area contributed by atoms with Crippen LogP contribution < -0.4 is 10.3 Å². The van der Waals surface area contributed by atoms with E-state index >= 15 is 0 Å². The number of aromatic nitrogens is 2. The lowest BCUT2D eigenvalue weighted by atomic mass is 10.0. The number of hydrogen-bond acceptors (Lipinski definition) is 3. The van der Waals surface area contributed by atoms with Crippen LogP contribution in [0, 0.1) is 13.8 Å². The number of rotatable bonds is 2. The predicted octanol–water partition coefficient (Wildman–Crippen LogP) is 2.06. The van der Waals surface area contributed by atoms with E-state index in [0.29, 0.717) is 0 Å². The molecule has 0 saturated heterocycles. The lowest BCUT2D eigenvalue weighted by Crippen LogP contribution is -2.05. The van der Waals surface area contributed by atoms with Gasteiger partial charge in [-0.2, -0.15) is 5.10 Å². The molecule has 1 aromatic carbocycles. The molecular weight excluding hydrogens is 216 g/mol. The average molecular weight is 230 g/mol. The molecule has 1 N–H and O–H groups in total. The molecule has 2 aromatic rings. The molecule has 0 spiro atoms. The first-order valence-corrected chi connectivity index (χ1v) is 5.33. The van der Waals surface area contributed by atoms with E-state index in [-0.39, 0.29) is 5.56 Å². The molecule has 0 unspecified atom stereocenters. The highest BCUT2D eigenvalue weighted by Gasteiger charge is 2.07. The maximum Gasteiger partial charge on any atom is 0.264 e. The molecule has 1 aromatic heterocycles. The monoisotopic (exact) mass is 230 g/mol. The largest absolute Gasteiger partial charge is 0.496 e. The average Bonchev–Trinajstić information content (AvgIpc) is 2.29. The Balaban J connectivity index is 2.54. The highest BCUT2D eigenvalue weighted by atomic mass is 16.5. The van der Waals surface area contributed by atoms with Gasteiger partial charge in [0, 0.05) is 11.6 Å². The van der Waals surface area contributed by atoms with Crippen molar-refractivity contribution in [2.75, 3.05) is 7.11 Å². The molecule has 17 heavy (non-hydrogen) atoms. The third-order valence-corrected chi connectivity index (χ3v) is 2.64. The molecule has 0 aliphatic rings. The molecule has 0 aliphatic carbocycles. The van der Waals surface area contributed by atoms with Crippen LogP contribution in [0.2, 0.25) is 0 Å². The number of aryl methyl sites for hydroxylation is 2. The Morgan fingerprint density at radius 3 is 2.29 bits per heavy atom. The molecule has 4 heteroatoms. The van der Waals surface area contributed by atoms with E-state index in [4.69, 9.17) is 4.74 Å². The van der Waals surface area contributed by atoms with Crippen molar-refractivity contribution in [2.45, 2.75) is 13.8 Å². The second kappa shape index (κ2) is 4.41. The number of nitrogens with one attached hydrogen (secondary N) is 1. The summed E-state index contributed by atoms with van der Waals surface area (Å²) in [6, 6.07) is 7.16. The number of nitrogens with zero attached hydrogens (tertiary/aromatic N) is 1. The quantitative estimate of drug-likeness (QED) is 0.859. The summed E-state index contributed by atoms with van der Waals surface area (Å²) < 4.78 is 5.31. The first-order chi connectivity index (χ1) is 8.11. The number of ether oxygens (including phenoxy) is 1. The summed E-state index contributed by atoms with van der Waals surface area (Å²) in [6.45, 7) is 3.97. The lowest BCUT2D eigenvalue weighted by Gasteiger charge is -2.10. The number of H-pyrrole nitrogens is 1. The Labute approximate surface area is 99.3 Å². The summed E-state index contributed by atoms with van der Waals surface area (Å²) >= 11 is 0. The Hall–Kier alpha value is -2.10. The molecule has 0 aliphatic heterocycles. The van der Waals surface area contributed by atoms with Crippen LogP contribution in [-0.2, 0) is 0 Å². The van der Waals surface area contributed by atoms with Crippen molar-refractivity contribution >= 4 is 0 Å². The summed E-state index contributed by atoms with van der Waals surface area (Å²) in [5, 5.41) is 6.44. The Morgan fingerprint density at radius 2 is 1.82 bits per heavy atom. The molecule has 2 rings (SSSR count). The van der Waals surface area contributed by atoms with Gasteiger partial charge in [-0.1, -0.05) is 0 Å². The number of aromatic amines is 1. The van der Waals surface area contributed by atoms with Crippen LogP contribution in [0.4, 0.5) is 0 Å². The summed E-state index contributed by atoms with van der Waals surface area (Å²) in [7, 11) is 1.66. The van der Waals surface area contributed by atoms with E-state index < -0.39 is 0 Å². The molecule has 0 fully saturated rings. The van der Waals surface area contributed by atoms with Crippen molar-refractivity contribution in [1.82, 2.24) is 10.2 Å². The van der Waals surface area contributed by atoms with E-state index in [0.717, 1.165) is 28.1 Å². The van der Waals surface area contributed by atoms with Gasteiger partial charge in [-0.05, 0) is 43.2 Å². The van der Waals surface area contributed by atoms with Crippen molar-refractivity contribution in [3.05, 3.63) is 45.7 Å². The molecule has 4 nitrogen and oxygen atoms in total. The molecule has 88 valence electrons. The number of hydrogen-bond donors (Lipinski definition) is 1. The summed E-state index contributed by atoms with van der Waals surface area (Å²) in [4.78, 5) is 10.9. The fraction of sp³-hybridized carbons (Fsp3) is 0.231. The van der Waals surface area contributed by atoms with Crippen molar-refractivity contribution in [3.8, 4) is 17.0 Å². The standard InChI is InChI=1S/C13H14N2O2/c1-8-6-10(7-9(2)13(8)17-3)11-4-5-12(16)15-14-11/h4-7H,1-3H3,(H,15,16). The maximum atomic E-state index is 10.9. The van der Waals surface area contributed by atoms with E-state index in [9.17, 15) is 4.79 Å². The smallest absolute Gasteiger partial charge is 0.264 e. The van der Waals surface area contributed by atoms with Crippen LogP contribution in [0.1, 0.15) is 11.1 Å². The molecular formula is C13H14N2O2. The second-order valence-corrected chi connectivity index (χ2v) is 3.95. The van der Waals surface area contributed by atoms with Gasteiger partial charge in [-0.15, -0.1) is 0 Å². The van der Waals surface area contributed by atoms with Gasteiger partial charge in [-0.25, -0.2) is 5.10 Å². The van der Waals surface area contributed by atoms with E-state index in [2.05, 4.69) is 10.2 Å². The summed E-state index contributed by atoms with van der Waals surface area (Å²) in [6.07, 6.45) is 0. The van der Waals surface area contributed by atoms with Crippen LogP contribution in [0.15, 0.2) is 29.1 Å². The van der Waals surface area contributed by atoms with Gasteiger partial charge < -0.3 is 4.74 Å². The zero-order valence-corrected chi connectivity index (χ0v) is 10.1. The highest BCUT2D eigenvalue weighted by Crippen LogP contribution is 2.28. The molecule has 0 atom stereocenters. The predicted molar refractivity (Wildman–Crippen MR) is 66.3 cm³/mol. The minimum absolute atomic E-state index is 0.198. The minimum atomic E-state index is -0.198. The van der Waals surface area contributed by atoms with Crippen molar-refractivity contribution in [3.63, 3.8) is 0 Å². The molecule has 0 amide bonds. The fourth-order valence-electron chi connectivity index (χ4n) is 1.93. The van der Waals surface area contributed by atoms with Crippen LogP contribution >= 0.6 is 0 Å². The van der Waals surface area contributed by atoms with Gasteiger partial charge in [0.15, 0.2) is 0 Å². The van der Waals surface area contributed by atoms with Gasteiger partial charge in [0.05, 0.1) is 12.8 Å². The first kappa shape index (κ1) is 11.4. The van der Waals surface area contributed by atoms with Crippen molar-refractivity contribution in [2.24, 2.45) is 0 Å². The van der Waals surface area contributed by atoms with Gasteiger partial charge >= 0.3 is 0 Å². The van der Waals surface area contributed by atoms with E-state index in [1.165, 1.54) is 6.07 Å². The number of benzene rings is 1. The van der Waals surface area contributed by atoms with Crippen LogP contribution in [0.3, 0.4) is 0 Å². The van der Waals surface area contributed by atoms with Gasteiger partial charge in [0.25, 0.3) is 5.56 Å². The summed E-state index contributed by atoms with van der Waals surface area (Å²) in [5.41, 5.74) is 3.62. The van der Waals surface area contributed by atoms with Crippen LogP contribution in [-0.4, -0.2) is 17.3 Å².